The Labute approximate surface area is 90.4 Å². The third-order valence-corrected chi connectivity index (χ3v) is 4.51. The smallest absolute Gasteiger partial charge is 0.249 e. The van der Waals surface area contributed by atoms with Gasteiger partial charge in [0.2, 0.25) is 5.92 Å². The Hall–Kier alpha value is -0.180. The summed E-state index contributed by atoms with van der Waals surface area (Å²) in [6, 6.07) is 0. The molecule has 2 rings (SSSR count). The second kappa shape index (κ2) is 3.69. The highest BCUT2D eigenvalue weighted by atomic mass is 19.3. The molecule has 0 aromatic heterocycles. The van der Waals surface area contributed by atoms with Crippen LogP contribution in [0.15, 0.2) is 0 Å². The Morgan fingerprint density at radius 1 is 1.13 bits per heavy atom. The third-order valence-electron chi connectivity index (χ3n) is 4.51. The fraction of sp³-hybridized carbons (Fsp3) is 1.00. The van der Waals surface area contributed by atoms with Crippen LogP contribution in [0.4, 0.5) is 8.78 Å². The average Bonchev–Trinajstić information content (AvgIpc) is 2.14. The quantitative estimate of drug-likeness (QED) is 0.755. The van der Waals surface area contributed by atoms with Crippen LogP contribution in [-0.4, -0.2) is 12.5 Å². The summed E-state index contributed by atoms with van der Waals surface area (Å²) in [4.78, 5) is 0. The molecule has 0 heterocycles. The minimum atomic E-state index is -2.43. The number of hydrogen-bond acceptors (Lipinski definition) is 1. The van der Waals surface area contributed by atoms with E-state index in [9.17, 15) is 8.78 Å². The zero-order valence-electron chi connectivity index (χ0n) is 9.44. The van der Waals surface area contributed by atoms with Gasteiger partial charge >= 0.3 is 0 Å². The maximum atomic E-state index is 13.0. The van der Waals surface area contributed by atoms with Crippen molar-refractivity contribution in [1.29, 1.82) is 0 Å². The maximum absolute atomic E-state index is 13.0. The lowest BCUT2D eigenvalue weighted by molar-refractivity contribution is -0.184. The van der Waals surface area contributed by atoms with Gasteiger partial charge in [0.05, 0.1) is 0 Å². The van der Waals surface area contributed by atoms with Crippen LogP contribution in [0.5, 0.6) is 0 Å². The van der Waals surface area contributed by atoms with Crippen molar-refractivity contribution >= 4 is 0 Å². The van der Waals surface area contributed by atoms with Gasteiger partial charge in [-0.2, -0.15) is 0 Å². The highest BCUT2D eigenvalue weighted by molar-refractivity contribution is 5.03. The van der Waals surface area contributed by atoms with E-state index in [2.05, 4.69) is 6.92 Å². The van der Waals surface area contributed by atoms with E-state index in [4.69, 9.17) is 5.73 Å². The Kier molecular flexibility index (Phi) is 2.78. The highest BCUT2D eigenvalue weighted by Gasteiger charge is 2.58. The molecule has 0 bridgehead atoms. The minimum absolute atomic E-state index is 0.0372. The largest absolute Gasteiger partial charge is 0.330 e. The monoisotopic (exact) mass is 217 g/mol. The van der Waals surface area contributed by atoms with Crippen molar-refractivity contribution in [2.24, 2.45) is 23.0 Å². The predicted octanol–water partition coefficient (Wildman–Crippen LogP) is 3.19. The molecule has 2 saturated carbocycles. The first-order valence-electron chi connectivity index (χ1n) is 6.05. The second-order valence-corrected chi connectivity index (χ2v) is 5.73. The number of rotatable bonds is 2. The molecule has 0 unspecified atom stereocenters. The van der Waals surface area contributed by atoms with Crippen molar-refractivity contribution in [2.45, 2.75) is 51.4 Å². The lowest BCUT2D eigenvalue weighted by Crippen LogP contribution is -2.55. The van der Waals surface area contributed by atoms with Gasteiger partial charge in [0.25, 0.3) is 0 Å². The van der Waals surface area contributed by atoms with E-state index < -0.39 is 5.92 Å². The summed E-state index contributed by atoms with van der Waals surface area (Å²) in [7, 11) is 0. The molecule has 0 radical (unpaired) electrons. The molecular formula is C12H21F2N. The SMILES string of the molecule is CC1CCC(C2(CN)CC(F)(F)C2)CC1. The van der Waals surface area contributed by atoms with E-state index in [0.717, 1.165) is 18.8 Å². The summed E-state index contributed by atoms with van der Waals surface area (Å²) in [5.41, 5.74) is 5.50. The van der Waals surface area contributed by atoms with E-state index in [1.165, 1.54) is 12.8 Å². The van der Waals surface area contributed by atoms with Crippen molar-refractivity contribution in [3.05, 3.63) is 0 Å². The van der Waals surface area contributed by atoms with Gasteiger partial charge in [-0.3, -0.25) is 0 Å². The highest BCUT2D eigenvalue weighted by Crippen LogP contribution is 2.58. The van der Waals surface area contributed by atoms with Crippen LogP contribution in [0.2, 0.25) is 0 Å². The molecule has 1 nitrogen and oxygen atoms in total. The molecule has 88 valence electrons. The van der Waals surface area contributed by atoms with E-state index in [0.29, 0.717) is 12.5 Å². The molecule has 3 heteroatoms. The number of nitrogens with two attached hydrogens (primary N) is 1. The van der Waals surface area contributed by atoms with Crippen molar-refractivity contribution in [3.63, 3.8) is 0 Å². The summed E-state index contributed by atoms with van der Waals surface area (Å²) >= 11 is 0. The number of halogens is 2. The van der Waals surface area contributed by atoms with Crippen LogP contribution < -0.4 is 5.73 Å². The first-order valence-corrected chi connectivity index (χ1v) is 6.05. The lowest BCUT2D eigenvalue weighted by Gasteiger charge is -2.53. The molecule has 0 aliphatic heterocycles. The summed E-state index contributed by atoms with van der Waals surface area (Å²) in [5.74, 6) is -1.20. The van der Waals surface area contributed by atoms with Gasteiger partial charge < -0.3 is 5.73 Å². The normalized spacial score (nSPS) is 38.4. The first kappa shape index (κ1) is 11.3. The van der Waals surface area contributed by atoms with E-state index in [1.807, 2.05) is 0 Å². The van der Waals surface area contributed by atoms with Crippen molar-refractivity contribution < 1.29 is 8.78 Å². The van der Waals surface area contributed by atoms with Gasteiger partial charge in [0.1, 0.15) is 0 Å². The van der Waals surface area contributed by atoms with E-state index in [-0.39, 0.29) is 18.3 Å². The van der Waals surface area contributed by atoms with Crippen molar-refractivity contribution in [3.8, 4) is 0 Å². The van der Waals surface area contributed by atoms with E-state index in [1.54, 1.807) is 0 Å². The molecule has 0 atom stereocenters. The molecule has 2 aliphatic carbocycles. The Bertz CT molecular complexity index is 224. The number of hydrogen-bond donors (Lipinski definition) is 1. The van der Waals surface area contributed by atoms with Gasteiger partial charge in [0.15, 0.2) is 0 Å². The summed E-state index contributed by atoms with van der Waals surface area (Å²) in [5, 5.41) is 0. The lowest BCUT2D eigenvalue weighted by atomic mass is 9.55. The fourth-order valence-corrected chi connectivity index (χ4v) is 3.45. The molecule has 0 amide bonds. The second-order valence-electron chi connectivity index (χ2n) is 5.73. The molecule has 2 fully saturated rings. The van der Waals surface area contributed by atoms with Gasteiger partial charge in [-0.15, -0.1) is 0 Å². The van der Waals surface area contributed by atoms with Crippen LogP contribution in [0.3, 0.4) is 0 Å². The Morgan fingerprint density at radius 2 is 1.67 bits per heavy atom. The summed E-state index contributed by atoms with van der Waals surface area (Å²) in [6.07, 6.45) is 4.67. The molecule has 15 heavy (non-hydrogen) atoms. The van der Waals surface area contributed by atoms with Crippen LogP contribution in [0.1, 0.15) is 45.4 Å². The van der Waals surface area contributed by atoms with Crippen LogP contribution in [0, 0.1) is 17.3 Å². The van der Waals surface area contributed by atoms with Crippen LogP contribution in [-0.2, 0) is 0 Å². The average molecular weight is 217 g/mol. The summed E-state index contributed by atoms with van der Waals surface area (Å²) in [6.45, 7) is 2.70. The van der Waals surface area contributed by atoms with Crippen molar-refractivity contribution in [1.82, 2.24) is 0 Å². The predicted molar refractivity (Wildman–Crippen MR) is 56.8 cm³/mol. The zero-order valence-corrected chi connectivity index (χ0v) is 9.44. The molecule has 0 spiro atoms. The van der Waals surface area contributed by atoms with Gasteiger partial charge in [-0.05, 0) is 36.6 Å². The van der Waals surface area contributed by atoms with Crippen molar-refractivity contribution in [2.75, 3.05) is 6.54 Å². The zero-order chi connectivity index (χ0) is 11.1. The Balaban J connectivity index is 1.97. The van der Waals surface area contributed by atoms with Gasteiger partial charge in [0, 0.05) is 12.8 Å². The van der Waals surface area contributed by atoms with Crippen LogP contribution >= 0.6 is 0 Å². The number of alkyl halides is 2. The first-order chi connectivity index (χ1) is 6.97. The van der Waals surface area contributed by atoms with Gasteiger partial charge in [-0.25, -0.2) is 8.78 Å². The van der Waals surface area contributed by atoms with Crippen LogP contribution in [0.25, 0.3) is 0 Å². The minimum Gasteiger partial charge on any atom is -0.330 e. The molecular weight excluding hydrogens is 196 g/mol. The van der Waals surface area contributed by atoms with E-state index >= 15 is 0 Å². The fourth-order valence-electron chi connectivity index (χ4n) is 3.45. The molecule has 2 N–H and O–H groups in total. The molecule has 0 saturated heterocycles. The molecule has 0 aromatic rings. The summed E-state index contributed by atoms with van der Waals surface area (Å²) < 4.78 is 26.0. The maximum Gasteiger partial charge on any atom is 0.249 e. The molecule has 2 aliphatic rings. The Morgan fingerprint density at radius 3 is 2.07 bits per heavy atom. The standard InChI is InChI=1S/C12H21F2N/c1-9-2-4-10(5-3-9)11(8-15)6-12(13,14)7-11/h9-10H,2-8,15H2,1H3. The molecule has 0 aromatic carbocycles. The topological polar surface area (TPSA) is 26.0 Å². The third kappa shape index (κ3) is 2.03. The van der Waals surface area contributed by atoms with Gasteiger partial charge in [-0.1, -0.05) is 19.8 Å².